The van der Waals surface area contributed by atoms with Crippen molar-refractivity contribution < 1.29 is 23.8 Å². The Morgan fingerprint density at radius 1 is 1.14 bits per heavy atom. The number of nitriles is 1. The van der Waals surface area contributed by atoms with Crippen LogP contribution in [0.5, 0.6) is 11.5 Å². The first-order valence-corrected chi connectivity index (χ1v) is 12.0. The van der Waals surface area contributed by atoms with Crippen molar-refractivity contribution in [1.82, 2.24) is 0 Å². The summed E-state index contributed by atoms with van der Waals surface area (Å²) in [5.74, 6) is -0.377. The van der Waals surface area contributed by atoms with Gasteiger partial charge in [-0.25, -0.2) is 4.79 Å². The molecule has 3 rings (SSSR count). The van der Waals surface area contributed by atoms with E-state index in [0.717, 1.165) is 10.0 Å². The van der Waals surface area contributed by atoms with E-state index in [1.54, 1.807) is 31.2 Å². The van der Waals surface area contributed by atoms with Gasteiger partial charge in [0, 0.05) is 15.7 Å². The molecule has 0 fully saturated rings. The predicted octanol–water partition coefficient (Wildman–Crippen LogP) is 6.41. The van der Waals surface area contributed by atoms with Gasteiger partial charge in [0.15, 0.2) is 11.5 Å². The van der Waals surface area contributed by atoms with Gasteiger partial charge in [-0.15, -0.1) is 0 Å². The lowest BCUT2D eigenvalue weighted by Crippen LogP contribution is -2.13. The molecule has 36 heavy (non-hydrogen) atoms. The minimum Gasteiger partial charge on any atom is -0.493 e. The van der Waals surface area contributed by atoms with E-state index in [2.05, 4.69) is 21.2 Å². The molecule has 0 aliphatic carbocycles. The van der Waals surface area contributed by atoms with Gasteiger partial charge < -0.3 is 19.5 Å². The largest absolute Gasteiger partial charge is 0.493 e. The van der Waals surface area contributed by atoms with Crippen LogP contribution >= 0.6 is 27.5 Å². The molecule has 0 spiro atoms. The van der Waals surface area contributed by atoms with Gasteiger partial charge in [0.2, 0.25) is 0 Å². The number of esters is 1. The van der Waals surface area contributed by atoms with Crippen molar-refractivity contribution in [2.45, 2.75) is 13.5 Å². The van der Waals surface area contributed by atoms with Crippen LogP contribution in [0.1, 0.15) is 28.4 Å². The van der Waals surface area contributed by atoms with Gasteiger partial charge in [-0.2, -0.15) is 5.26 Å². The fourth-order valence-corrected chi connectivity index (χ4v) is 3.82. The molecular formula is C27H22BrClN2O5. The van der Waals surface area contributed by atoms with Gasteiger partial charge in [0.25, 0.3) is 5.91 Å². The van der Waals surface area contributed by atoms with Gasteiger partial charge in [-0.1, -0.05) is 45.7 Å². The lowest BCUT2D eigenvalue weighted by atomic mass is 10.1. The number of nitrogens with zero attached hydrogens (tertiary/aromatic N) is 1. The van der Waals surface area contributed by atoms with Crippen LogP contribution in [0.25, 0.3) is 6.08 Å². The van der Waals surface area contributed by atoms with Crippen LogP contribution in [0.3, 0.4) is 0 Å². The Labute approximate surface area is 222 Å². The number of hydrogen-bond donors (Lipinski definition) is 1. The summed E-state index contributed by atoms with van der Waals surface area (Å²) in [5, 5.41) is 12.5. The van der Waals surface area contributed by atoms with Gasteiger partial charge in [-0.3, -0.25) is 4.79 Å². The van der Waals surface area contributed by atoms with Gasteiger partial charge in [-0.05, 0) is 61.0 Å². The molecule has 0 unspecified atom stereocenters. The molecule has 0 aliphatic heterocycles. The molecule has 3 aromatic carbocycles. The van der Waals surface area contributed by atoms with Gasteiger partial charge in [0.05, 0.1) is 24.3 Å². The van der Waals surface area contributed by atoms with Crippen molar-refractivity contribution in [3.63, 3.8) is 0 Å². The third-order valence-electron chi connectivity index (χ3n) is 4.91. The lowest BCUT2D eigenvalue weighted by molar-refractivity contribution is -0.112. The van der Waals surface area contributed by atoms with Crippen LogP contribution in [0.2, 0.25) is 5.02 Å². The molecule has 0 aliphatic rings. The second-order valence-electron chi connectivity index (χ2n) is 7.34. The summed E-state index contributed by atoms with van der Waals surface area (Å²) < 4.78 is 17.2. The number of carbonyl (C=O) groups excluding carboxylic acids is 2. The Bertz CT molecular complexity index is 1330. The number of amides is 1. The van der Waals surface area contributed by atoms with E-state index in [-0.39, 0.29) is 23.8 Å². The minimum absolute atomic E-state index is 0.149. The molecule has 184 valence electrons. The minimum atomic E-state index is -0.620. The first-order valence-electron chi connectivity index (χ1n) is 10.8. The molecule has 0 atom stereocenters. The maximum atomic E-state index is 12.7. The predicted molar refractivity (Wildman–Crippen MR) is 141 cm³/mol. The van der Waals surface area contributed by atoms with E-state index in [1.807, 2.05) is 30.3 Å². The van der Waals surface area contributed by atoms with Crippen molar-refractivity contribution in [3.05, 3.63) is 92.4 Å². The van der Waals surface area contributed by atoms with E-state index >= 15 is 0 Å². The summed E-state index contributed by atoms with van der Waals surface area (Å²) in [7, 11) is 1.47. The van der Waals surface area contributed by atoms with Gasteiger partial charge in [0.1, 0.15) is 18.2 Å². The van der Waals surface area contributed by atoms with E-state index in [1.165, 1.54) is 25.3 Å². The van der Waals surface area contributed by atoms with Crippen molar-refractivity contribution in [2.24, 2.45) is 0 Å². The topological polar surface area (TPSA) is 97.7 Å². The fraction of sp³-hybridized carbons (Fsp3) is 0.148. The van der Waals surface area contributed by atoms with E-state index in [4.69, 9.17) is 25.8 Å². The highest BCUT2D eigenvalue weighted by Crippen LogP contribution is 2.38. The summed E-state index contributed by atoms with van der Waals surface area (Å²) in [4.78, 5) is 24.5. The SMILES string of the molecule is CCOC(=O)c1ccc(NC(=O)/C(C#N)=C/c2cc(Cl)c(OCc3ccccc3Br)c(OC)c2)cc1. The van der Waals surface area contributed by atoms with Crippen LogP contribution in [-0.2, 0) is 16.1 Å². The molecule has 0 aromatic heterocycles. The number of halogens is 2. The number of nitrogens with one attached hydrogen (secondary N) is 1. The first kappa shape index (κ1) is 26.8. The summed E-state index contributed by atoms with van der Waals surface area (Å²) in [6, 6.07) is 18.9. The van der Waals surface area contributed by atoms with Crippen molar-refractivity contribution in [3.8, 4) is 17.6 Å². The first-order chi connectivity index (χ1) is 17.4. The van der Waals surface area contributed by atoms with Crippen molar-refractivity contribution in [1.29, 1.82) is 5.26 Å². The lowest BCUT2D eigenvalue weighted by Gasteiger charge is -2.14. The average molecular weight is 570 g/mol. The zero-order valence-electron chi connectivity index (χ0n) is 19.5. The fourth-order valence-electron chi connectivity index (χ4n) is 3.15. The number of hydrogen-bond acceptors (Lipinski definition) is 6. The van der Waals surface area contributed by atoms with Crippen LogP contribution in [0.4, 0.5) is 5.69 Å². The molecule has 0 heterocycles. The van der Waals surface area contributed by atoms with Crippen LogP contribution in [0.15, 0.2) is 70.7 Å². The zero-order valence-corrected chi connectivity index (χ0v) is 21.9. The molecule has 1 N–H and O–H groups in total. The van der Waals surface area contributed by atoms with Gasteiger partial charge >= 0.3 is 5.97 Å². The molecule has 0 saturated carbocycles. The standard InChI is InChI=1S/C27H22BrClN2O5/c1-3-35-27(33)18-8-10-21(11-9-18)31-26(32)20(15-30)12-17-13-23(29)25(24(14-17)34-2)36-16-19-6-4-5-7-22(19)28/h4-14H,3,16H2,1-2H3,(H,31,32)/b20-12+. The highest BCUT2D eigenvalue weighted by Gasteiger charge is 2.15. The monoisotopic (exact) mass is 568 g/mol. The Hall–Kier alpha value is -3.80. The Morgan fingerprint density at radius 2 is 1.86 bits per heavy atom. The number of rotatable bonds is 9. The second-order valence-corrected chi connectivity index (χ2v) is 8.60. The molecule has 1 amide bonds. The molecule has 3 aromatic rings. The van der Waals surface area contributed by atoms with Crippen molar-refractivity contribution in [2.75, 3.05) is 19.0 Å². The second kappa shape index (κ2) is 12.8. The quantitative estimate of drug-likeness (QED) is 0.182. The third kappa shape index (κ3) is 6.87. The third-order valence-corrected chi connectivity index (χ3v) is 5.97. The Morgan fingerprint density at radius 3 is 2.50 bits per heavy atom. The molecule has 7 nitrogen and oxygen atoms in total. The molecule has 0 saturated heterocycles. The summed E-state index contributed by atoms with van der Waals surface area (Å²) in [6.07, 6.45) is 1.40. The molecule has 0 radical (unpaired) electrons. The van der Waals surface area contributed by atoms with E-state index in [9.17, 15) is 14.9 Å². The number of anilines is 1. The molecular weight excluding hydrogens is 548 g/mol. The molecule has 0 bridgehead atoms. The van der Waals surface area contributed by atoms with E-state index in [0.29, 0.717) is 28.3 Å². The highest BCUT2D eigenvalue weighted by molar-refractivity contribution is 9.10. The summed E-state index contributed by atoms with van der Waals surface area (Å²) in [6.45, 7) is 2.24. The Kier molecular flexibility index (Phi) is 9.51. The van der Waals surface area contributed by atoms with Crippen molar-refractivity contribution >= 4 is 51.2 Å². The smallest absolute Gasteiger partial charge is 0.338 e. The maximum Gasteiger partial charge on any atom is 0.338 e. The summed E-state index contributed by atoms with van der Waals surface area (Å²) in [5.41, 5.74) is 2.03. The number of benzene rings is 3. The molecule has 9 heteroatoms. The zero-order chi connectivity index (χ0) is 26.1. The normalized spacial score (nSPS) is 10.8. The maximum absolute atomic E-state index is 12.7. The highest BCUT2D eigenvalue weighted by atomic mass is 79.9. The number of ether oxygens (including phenoxy) is 3. The van der Waals surface area contributed by atoms with Crippen LogP contribution < -0.4 is 14.8 Å². The Balaban J connectivity index is 1.77. The number of carbonyl (C=O) groups is 2. The summed E-state index contributed by atoms with van der Waals surface area (Å²) >= 11 is 9.93. The number of methoxy groups -OCH3 is 1. The van der Waals surface area contributed by atoms with Crippen LogP contribution in [0, 0.1) is 11.3 Å². The van der Waals surface area contributed by atoms with Crippen LogP contribution in [-0.4, -0.2) is 25.6 Å². The van der Waals surface area contributed by atoms with E-state index < -0.39 is 11.9 Å². The average Bonchev–Trinajstić information content (AvgIpc) is 2.87.